The van der Waals surface area contributed by atoms with Gasteiger partial charge in [-0.15, -0.1) is 0 Å². The average molecular weight is 492 g/mol. The molecule has 0 amide bonds. The molecule has 33 heavy (non-hydrogen) atoms. The van der Waals surface area contributed by atoms with Crippen molar-refractivity contribution in [3.8, 4) is 5.75 Å². The Morgan fingerprint density at radius 1 is 0.848 bits per heavy atom. The van der Waals surface area contributed by atoms with Crippen molar-refractivity contribution in [3.63, 3.8) is 0 Å². The first kappa shape index (κ1) is 24.6. The molecule has 4 rings (SSSR count). The molecular formula is C20H26ClNO11. The quantitative estimate of drug-likeness (QED) is 0.219. The Labute approximate surface area is 192 Å². The highest BCUT2D eigenvalue weighted by molar-refractivity contribution is 6.31. The van der Waals surface area contributed by atoms with Gasteiger partial charge in [0.2, 0.25) is 6.29 Å². The summed E-state index contributed by atoms with van der Waals surface area (Å²) in [5.41, 5.74) is 0.672. The van der Waals surface area contributed by atoms with Crippen LogP contribution in [0.2, 0.25) is 5.02 Å². The summed E-state index contributed by atoms with van der Waals surface area (Å²) in [6.07, 6.45) is -13.7. The molecule has 2 saturated heterocycles. The van der Waals surface area contributed by atoms with Crippen LogP contribution in [0.15, 0.2) is 24.4 Å². The maximum Gasteiger partial charge on any atom is 0.229 e. The van der Waals surface area contributed by atoms with Crippen LogP contribution in [0.25, 0.3) is 10.9 Å². The van der Waals surface area contributed by atoms with Gasteiger partial charge in [-0.05, 0) is 18.2 Å². The summed E-state index contributed by atoms with van der Waals surface area (Å²) in [5.74, 6) is 0.308. The summed E-state index contributed by atoms with van der Waals surface area (Å²) in [4.78, 5) is 2.96. The van der Waals surface area contributed by atoms with Gasteiger partial charge in [-0.1, -0.05) is 11.6 Å². The van der Waals surface area contributed by atoms with Gasteiger partial charge in [0.05, 0.1) is 18.7 Å². The highest BCUT2D eigenvalue weighted by atomic mass is 35.5. The fourth-order valence-electron chi connectivity index (χ4n) is 3.95. The number of H-pyrrole nitrogens is 1. The Morgan fingerprint density at radius 2 is 1.52 bits per heavy atom. The first-order chi connectivity index (χ1) is 15.7. The molecule has 12 nitrogen and oxygen atoms in total. The molecule has 1 aromatic carbocycles. The van der Waals surface area contributed by atoms with E-state index in [4.69, 9.17) is 30.5 Å². The number of fused-ring (bicyclic) bond motifs is 1. The lowest BCUT2D eigenvalue weighted by atomic mass is 9.97. The van der Waals surface area contributed by atoms with Crippen LogP contribution in [-0.4, -0.2) is 115 Å². The molecule has 0 spiro atoms. The van der Waals surface area contributed by atoms with E-state index >= 15 is 0 Å². The van der Waals surface area contributed by atoms with Gasteiger partial charge in [0.15, 0.2) is 6.29 Å². The predicted molar refractivity (Wildman–Crippen MR) is 110 cm³/mol. The first-order valence-electron chi connectivity index (χ1n) is 10.3. The minimum atomic E-state index is -1.74. The lowest BCUT2D eigenvalue weighted by Crippen LogP contribution is -2.65. The van der Waals surface area contributed by atoms with Crippen LogP contribution < -0.4 is 4.74 Å². The minimum Gasteiger partial charge on any atom is -0.460 e. The number of benzene rings is 1. The van der Waals surface area contributed by atoms with Crippen molar-refractivity contribution < 1.29 is 54.7 Å². The molecular weight excluding hydrogens is 466 g/mol. The van der Waals surface area contributed by atoms with E-state index in [0.29, 0.717) is 21.7 Å². The third-order valence-electron chi connectivity index (χ3n) is 5.81. The van der Waals surface area contributed by atoms with Crippen molar-refractivity contribution in [2.45, 2.75) is 61.4 Å². The third-order valence-corrected chi connectivity index (χ3v) is 6.04. The second-order valence-corrected chi connectivity index (χ2v) is 8.40. The highest BCUT2D eigenvalue weighted by Gasteiger charge is 2.51. The molecule has 0 unspecified atom stereocenters. The van der Waals surface area contributed by atoms with Crippen LogP contribution in [0.5, 0.6) is 5.75 Å². The number of aromatic amines is 1. The van der Waals surface area contributed by atoms with E-state index in [9.17, 15) is 35.7 Å². The molecule has 2 aliphatic heterocycles. The summed E-state index contributed by atoms with van der Waals surface area (Å²) in [6, 6.07) is 5.03. The van der Waals surface area contributed by atoms with Crippen molar-refractivity contribution >= 4 is 22.5 Å². The summed E-state index contributed by atoms with van der Waals surface area (Å²) in [6.45, 7) is -1.33. The molecule has 0 radical (unpaired) electrons. The van der Waals surface area contributed by atoms with Crippen LogP contribution in [0.4, 0.5) is 0 Å². The molecule has 13 heteroatoms. The standard InChI is InChI=1S/C20H26ClNO11/c21-7-1-2-8-9(3-7)22-4-10(8)30-19-17(29)15(27)18(12(6-24)32-19)33-20-16(28)14(26)13(25)11(5-23)31-20/h1-4,11-20,22-29H,5-6H2/t11-,12-,13-,14+,15-,16-,17-,18-,19-,20+/m1/s1. The Kier molecular flexibility index (Phi) is 7.43. The number of hydrogen-bond acceptors (Lipinski definition) is 11. The fraction of sp³-hybridized carbons (Fsp3) is 0.600. The van der Waals surface area contributed by atoms with E-state index in [0.717, 1.165) is 0 Å². The molecule has 0 aliphatic carbocycles. The molecule has 184 valence electrons. The van der Waals surface area contributed by atoms with E-state index in [-0.39, 0.29) is 0 Å². The van der Waals surface area contributed by atoms with Crippen LogP contribution >= 0.6 is 11.6 Å². The van der Waals surface area contributed by atoms with Crippen molar-refractivity contribution in [1.29, 1.82) is 0 Å². The summed E-state index contributed by atoms with van der Waals surface area (Å²) >= 11 is 5.97. The molecule has 8 N–H and O–H groups in total. The normalized spacial score (nSPS) is 39.6. The Morgan fingerprint density at radius 3 is 2.21 bits per heavy atom. The predicted octanol–water partition coefficient (Wildman–Crippen LogP) is -2.18. The second kappa shape index (κ2) is 9.98. The molecule has 0 saturated carbocycles. The van der Waals surface area contributed by atoms with Crippen molar-refractivity contribution in [1.82, 2.24) is 4.98 Å². The maximum absolute atomic E-state index is 10.7. The number of aromatic nitrogens is 1. The highest BCUT2D eigenvalue weighted by Crippen LogP contribution is 2.33. The van der Waals surface area contributed by atoms with E-state index < -0.39 is 74.6 Å². The van der Waals surface area contributed by atoms with E-state index in [1.54, 1.807) is 18.2 Å². The molecule has 3 heterocycles. The molecule has 2 aromatic rings. The third kappa shape index (κ3) is 4.70. The number of hydrogen-bond donors (Lipinski definition) is 8. The number of nitrogens with one attached hydrogen (secondary N) is 1. The second-order valence-electron chi connectivity index (χ2n) is 7.97. The largest absolute Gasteiger partial charge is 0.460 e. The van der Waals surface area contributed by atoms with Gasteiger partial charge in [-0.3, -0.25) is 0 Å². The fourth-order valence-corrected chi connectivity index (χ4v) is 4.12. The van der Waals surface area contributed by atoms with Gasteiger partial charge >= 0.3 is 0 Å². The van der Waals surface area contributed by atoms with Crippen LogP contribution in [0.1, 0.15) is 0 Å². The van der Waals surface area contributed by atoms with Gasteiger partial charge < -0.3 is 59.7 Å². The summed E-state index contributed by atoms with van der Waals surface area (Å²) < 4.78 is 22.1. The van der Waals surface area contributed by atoms with Gasteiger partial charge in [0.1, 0.15) is 54.6 Å². The van der Waals surface area contributed by atoms with Crippen molar-refractivity contribution in [2.24, 2.45) is 0 Å². The topological polar surface area (TPSA) is 194 Å². The number of halogens is 1. The van der Waals surface area contributed by atoms with Gasteiger partial charge in [0.25, 0.3) is 0 Å². The number of aliphatic hydroxyl groups excluding tert-OH is 7. The molecule has 10 atom stereocenters. The SMILES string of the molecule is OC[C@H]1O[C@@H](O[C@H]2[C@H](O)[C@@H](O)[C@H](Oc3c[nH]c4cc(Cl)ccc34)O[C@@H]2CO)[C@H](O)[C@@H](O)[C@@H]1O. The van der Waals surface area contributed by atoms with Crippen molar-refractivity contribution in [3.05, 3.63) is 29.4 Å². The summed E-state index contributed by atoms with van der Waals surface area (Å²) in [5, 5.41) is 71.5. The molecule has 1 aromatic heterocycles. The maximum atomic E-state index is 10.7. The smallest absolute Gasteiger partial charge is 0.229 e. The minimum absolute atomic E-state index is 0.308. The first-order valence-corrected chi connectivity index (χ1v) is 10.6. The van der Waals surface area contributed by atoms with Crippen LogP contribution in [-0.2, 0) is 14.2 Å². The van der Waals surface area contributed by atoms with Crippen molar-refractivity contribution in [2.75, 3.05) is 13.2 Å². The summed E-state index contributed by atoms with van der Waals surface area (Å²) in [7, 11) is 0. The zero-order valence-corrected chi connectivity index (χ0v) is 17.9. The molecule has 2 aliphatic rings. The lowest BCUT2D eigenvalue weighted by Gasteiger charge is -2.45. The van der Waals surface area contributed by atoms with Gasteiger partial charge in [-0.2, -0.15) is 0 Å². The van der Waals surface area contributed by atoms with Gasteiger partial charge in [-0.25, -0.2) is 0 Å². The Bertz CT molecular complexity index is 940. The molecule has 2 fully saturated rings. The monoisotopic (exact) mass is 491 g/mol. The number of rotatable bonds is 6. The van der Waals surface area contributed by atoms with E-state index in [1.165, 1.54) is 6.20 Å². The van der Waals surface area contributed by atoms with E-state index in [1.807, 2.05) is 0 Å². The van der Waals surface area contributed by atoms with Crippen LogP contribution in [0.3, 0.4) is 0 Å². The Balaban J connectivity index is 1.49. The van der Waals surface area contributed by atoms with Gasteiger partial charge in [0, 0.05) is 16.6 Å². The Hall–Kier alpha value is -1.55. The number of ether oxygens (including phenoxy) is 4. The average Bonchev–Trinajstić information content (AvgIpc) is 3.20. The van der Waals surface area contributed by atoms with Crippen LogP contribution in [0, 0.1) is 0 Å². The van der Waals surface area contributed by atoms with E-state index in [2.05, 4.69) is 4.98 Å². The zero-order valence-electron chi connectivity index (χ0n) is 17.1. The lowest BCUT2D eigenvalue weighted by molar-refractivity contribution is -0.352. The number of aliphatic hydroxyl groups is 7. The zero-order chi connectivity index (χ0) is 23.9. The molecule has 0 bridgehead atoms.